The molecule has 15 heavy (non-hydrogen) atoms. The van der Waals surface area contributed by atoms with Crippen molar-refractivity contribution in [1.29, 1.82) is 0 Å². The zero-order chi connectivity index (χ0) is 11.3. The predicted octanol–water partition coefficient (Wildman–Crippen LogP) is 3.87. The molecule has 1 nitrogen and oxygen atoms in total. The minimum absolute atomic E-state index is 0.0331. The Hall–Kier alpha value is -1.16. The fourth-order valence-corrected chi connectivity index (χ4v) is 1.61. The Morgan fingerprint density at radius 1 is 1.27 bits per heavy atom. The third-order valence-electron chi connectivity index (χ3n) is 1.69. The molecule has 0 spiro atoms. The van der Waals surface area contributed by atoms with E-state index in [1.807, 2.05) is 0 Å². The van der Waals surface area contributed by atoms with Gasteiger partial charge in [-0.25, -0.2) is 0 Å². The van der Waals surface area contributed by atoms with Crippen LogP contribution in [-0.4, -0.2) is 5.78 Å². The van der Waals surface area contributed by atoms with Crippen molar-refractivity contribution in [2.45, 2.75) is 18.2 Å². The molecule has 0 saturated carbocycles. The number of rotatable bonds is 4. The fraction of sp³-hybridized carbons (Fsp3) is 0.182. The van der Waals surface area contributed by atoms with Crippen LogP contribution < -0.4 is 0 Å². The van der Waals surface area contributed by atoms with Crippen LogP contribution in [0.2, 0.25) is 0 Å². The first kappa shape index (κ1) is 11.9. The van der Waals surface area contributed by atoms with Crippen LogP contribution in [0, 0.1) is 0 Å². The maximum Gasteiger partial charge on any atom is 0.208 e. The van der Waals surface area contributed by atoms with Crippen molar-refractivity contribution in [1.82, 2.24) is 0 Å². The molecular formula is C11H10F2OS. The average molecular weight is 228 g/mol. The lowest BCUT2D eigenvalue weighted by Gasteiger charge is -1.99. The second-order valence-electron chi connectivity index (χ2n) is 2.78. The van der Waals surface area contributed by atoms with Gasteiger partial charge in [0, 0.05) is 11.3 Å². The summed E-state index contributed by atoms with van der Waals surface area (Å²) in [6, 6.07) is 8.51. The molecule has 0 radical (unpaired) electrons. The van der Waals surface area contributed by atoms with Crippen LogP contribution in [0.4, 0.5) is 8.78 Å². The van der Waals surface area contributed by atoms with Crippen molar-refractivity contribution in [2.24, 2.45) is 0 Å². The molecule has 0 aliphatic rings. The van der Waals surface area contributed by atoms with Gasteiger partial charge in [0.15, 0.2) is 5.78 Å². The quantitative estimate of drug-likeness (QED) is 0.575. The topological polar surface area (TPSA) is 17.1 Å². The van der Waals surface area contributed by atoms with E-state index in [9.17, 15) is 13.6 Å². The second kappa shape index (κ2) is 5.66. The molecule has 0 saturated heterocycles. The van der Waals surface area contributed by atoms with Crippen LogP contribution in [0.25, 0.3) is 0 Å². The van der Waals surface area contributed by atoms with E-state index in [0.29, 0.717) is 16.7 Å². The molecular weight excluding hydrogens is 218 g/mol. The van der Waals surface area contributed by atoms with Crippen molar-refractivity contribution in [3.8, 4) is 0 Å². The minimum Gasteiger partial charge on any atom is -0.291 e. The number of hydrogen-bond donors (Lipinski definition) is 0. The highest BCUT2D eigenvalue weighted by atomic mass is 32.2. The van der Waals surface area contributed by atoms with Gasteiger partial charge in [-0.3, -0.25) is 4.79 Å². The molecule has 1 aromatic rings. The third kappa shape index (κ3) is 3.47. The predicted molar refractivity (Wildman–Crippen MR) is 56.8 cm³/mol. The number of carbonyl (C=O) groups is 1. The summed E-state index contributed by atoms with van der Waals surface area (Å²) in [6.07, 6.45) is -0.0331. The summed E-state index contributed by atoms with van der Waals surface area (Å²) in [4.78, 5) is 11.4. The molecule has 1 aromatic carbocycles. The van der Waals surface area contributed by atoms with E-state index >= 15 is 0 Å². The van der Waals surface area contributed by atoms with E-state index in [1.54, 1.807) is 30.3 Å². The smallest absolute Gasteiger partial charge is 0.208 e. The lowest BCUT2D eigenvalue weighted by Crippen LogP contribution is -1.96. The molecule has 1 rings (SSSR count). The summed E-state index contributed by atoms with van der Waals surface area (Å²) in [6.45, 7) is 1.49. The largest absolute Gasteiger partial charge is 0.291 e. The number of allylic oxidation sites excluding steroid dienone is 1. The zero-order valence-electron chi connectivity index (χ0n) is 8.17. The van der Waals surface area contributed by atoms with Gasteiger partial charge in [0.1, 0.15) is 0 Å². The number of benzene rings is 1. The monoisotopic (exact) mass is 228 g/mol. The van der Waals surface area contributed by atoms with Gasteiger partial charge >= 0.3 is 0 Å². The van der Waals surface area contributed by atoms with E-state index in [0.717, 1.165) is 0 Å². The summed E-state index contributed by atoms with van der Waals surface area (Å²) in [5.41, 5.74) is 0. The Kier molecular flexibility index (Phi) is 4.49. The maximum atomic E-state index is 13.2. The van der Waals surface area contributed by atoms with Gasteiger partial charge in [0.25, 0.3) is 0 Å². The van der Waals surface area contributed by atoms with Gasteiger partial charge in [-0.2, -0.15) is 8.78 Å². The van der Waals surface area contributed by atoms with Crippen LogP contribution in [0.1, 0.15) is 13.3 Å². The molecule has 0 aromatic heterocycles. The molecule has 0 amide bonds. The van der Waals surface area contributed by atoms with Crippen LogP contribution in [0.3, 0.4) is 0 Å². The van der Waals surface area contributed by atoms with Crippen LogP contribution >= 0.6 is 11.8 Å². The Bertz CT molecular complexity index is 373. The van der Waals surface area contributed by atoms with Gasteiger partial charge in [-0.15, -0.1) is 0 Å². The molecule has 0 unspecified atom stereocenters. The summed E-state index contributed by atoms with van der Waals surface area (Å²) in [7, 11) is 0. The first-order chi connectivity index (χ1) is 7.15. The number of halogens is 2. The molecule has 80 valence electrons. The van der Waals surface area contributed by atoms with E-state index < -0.39 is 16.8 Å². The average Bonchev–Trinajstić information content (AvgIpc) is 2.28. The lowest BCUT2D eigenvalue weighted by atomic mass is 10.3. The molecule has 0 heterocycles. The highest BCUT2D eigenvalue weighted by Gasteiger charge is 2.14. The first-order valence-corrected chi connectivity index (χ1v) is 5.28. The molecule has 0 bridgehead atoms. The second-order valence-corrected chi connectivity index (χ2v) is 3.81. The SMILES string of the molecule is CCC(=O)C(F)=C(F)Sc1ccccc1. The number of carbonyl (C=O) groups excluding carboxylic acids is 1. The minimum atomic E-state index is -1.29. The lowest BCUT2D eigenvalue weighted by molar-refractivity contribution is -0.116. The Morgan fingerprint density at radius 2 is 1.87 bits per heavy atom. The van der Waals surface area contributed by atoms with Crippen molar-refractivity contribution in [2.75, 3.05) is 0 Å². The van der Waals surface area contributed by atoms with E-state index in [4.69, 9.17) is 0 Å². The van der Waals surface area contributed by atoms with Gasteiger partial charge in [-0.1, -0.05) is 36.9 Å². The molecule has 0 atom stereocenters. The molecule has 4 heteroatoms. The maximum absolute atomic E-state index is 13.2. The van der Waals surface area contributed by atoms with Gasteiger partial charge in [-0.05, 0) is 12.1 Å². The van der Waals surface area contributed by atoms with Crippen molar-refractivity contribution < 1.29 is 13.6 Å². The molecule has 0 N–H and O–H groups in total. The highest BCUT2D eigenvalue weighted by molar-refractivity contribution is 8.03. The Morgan fingerprint density at radius 3 is 2.40 bits per heavy atom. The zero-order valence-corrected chi connectivity index (χ0v) is 8.98. The fourth-order valence-electron chi connectivity index (χ4n) is 0.902. The Balaban J connectivity index is 2.78. The van der Waals surface area contributed by atoms with E-state index in [2.05, 4.69) is 0 Å². The van der Waals surface area contributed by atoms with Gasteiger partial charge in [0.2, 0.25) is 11.0 Å². The summed E-state index contributed by atoms with van der Waals surface area (Å²) < 4.78 is 26.2. The van der Waals surface area contributed by atoms with Crippen LogP contribution in [-0.2, 0) is 4.79 Å². The standard InChI is InChI=1S/C11H10F2OS/c1-2-9(14)10(12)11(13)15-8-6-4-3-5-7-8/h3-7H,2H2,1H3. The normalized spacial score (nSPS) is 12.2. The molecule has 0 aliphatic heterocycles. The van der Waals surface area contributed by atoms with Crippen LogP contribution in [0.5, 0.6) is 0 Å². The van der Waals surface area contributed by atoms with Crippen molar-refractivity contribution >= 4 is 17.5 Å². The number of thioether (sulfide) groups is 1. The number of hydrogen-bond acceptors (Lipinski definition) is 2. The summed E-state index contributed by atoms with van der Waals surface area (Å²) >= 11 is 0.612. The van der Waals surface area contributed by atoms with Crippen molar-refractivity contribution in [3.05, 3.63) is 41.3 Å². The van der Waals surface area contributed by atoms with Crippen LogP contribution in [0.15, 0.2) is 46.2 Å². The summed E-state index contributed by atoms with van der Waals surface area (Å²) in [5, 5.41) is -1.08. The van der Waals surface area contributed by atoms with Gasteiger partial charge < -0.3 is 0 Å². The van der Waals surface area contributed by atoms with E-state index in [-0.39, 0.29) is 6.42 Å². The van der Waals surface area contributed by atoms with E-state index in [1.165, 1.54) is 6.92 Å². The molecule has 0 fully saturated rings. The number of Topliss-reactive ketones (excluding diaryl/α,β-unsaturated/α-hetero) is 1. The first-order valence-electron chi connectivity index (χ1n) is 4.46. The molecule has 0 aliphatic carbocycles. The Labute approximate surface area is 91.2 Å². The van der Waals surface area contributed by atoms with Gasteiger partial charge in [0.05, 0.1) is 0 Å². The number of ketones is 1. The highest BCUT2D eigenvalue weighted by Crippen LogP contribution is 2.30. The summed E-state index contributed by atoms with van der Waals surface area (Å²) in [5.74, 6) is -2.10. The third-order valence-corrected chi connectivity index (χ3v) is 2.56. The van der Waals surface area contributed by atoms with Crippen molar-refractivity contribution in [3.63, 3.8) is 0 Å².